The van der Waals surface area contributed by atoms with Crippen molar-refractivity contribution >= 4 is 23.3 Å². The molecule has 132 valence electrons. The first-order valence-corrected chi connectivity index (χ1v) is 7.51. The van der Waals surface area contributed by atoms with Gasteiger partial charge in [-0.15, -0.1) is 10.2 Å². The third-order valence-electron chi connectivity index (χ3n) is 3.27. The third-order valence-corrected chi connectivity index (χ3v) is 3.50. The Kier molecular flexibility index (Phi) is 4.90. The van der Waals surface area contributed by atoms with Crippen LogP contribution < -0.4 is 0 Å². The minimum absolute atomic E-state index is 0.0193. The number of nitrogens with zero attached hydrogens (tertiary/aromatic N) is 3. The van der Waals surface area contributed by atoms with Gasteiger partial charge < -0.3 is 9.15 Å². The Balaban J connectivity index is 1.68. The van der Waals surface area contributed by atoms with E-state index in [-0.39, 0.29) is 34.7 Å². The molecule has 1 heterocycles. The molecule has 10 heteroatoms. The summed E-state index contributed by atoms with van der Waals surface area (Å²) in [6.45, 7) is -0.370. The molecule has 0 aliphatic rings. The lowest BCUT2D eigenvalue weighted by molar-refractivity contribution is -0.384. The first-order valence-electron chi connectivity index (χ1n) is 7.13. The van der Waals surface area contributed by atoms with E-state index in [1.165, 1.54) is 30.3 Å². The topological polar surface area (TPSA) is 108 Å². The van der Waals surface area contributed by atoms with Gasteiger partial charge in [0.15, 0.2) is 6.61 Å². The van der Waals surface area contributed by atoms with Gasteiger partial charge in [0.2, 0.25) is 5.89 Å². The van der Waals surface area contributed by atoms with Crippen LogP contribution in [0.15, 0.2) is 46.9 Å². The van der Waals surface area contributed by atoms with Crippen molar-refractivity contribution in [1.82, 2.24) is 10.2 Å². The van der Waals surface area contributed by atoms with Gasteiger partial charge in [0, 0.05) is 22.7 Å². The molecule has 0 saturated carbocycles. The second-order valence-electron chi connectivity index (χ2n) is 5.01. The second-order valence-corrected chi connectivity index (χ2v) is 5.44. The lowest BCUT2D eigenvalue weighted by atomic mass is 10.2. The van der Waals surface area contributed by atoms with Crippen molar-refractivity contribution in [2.75, 3.05) is 0 Å². The van der Waals surface area contributed by atoms with Gasteiger partial charge in [-0.1, -0.05) is 11.6 Å². The van der Waals surface area contributed by atoms with Gasteiger partial charge in [0.05, 0.1) is 10.5 Å². The zero-order valence-electron chi connectivity index (χ0n) is 12.9. The number of rotatable bonds is 5. The number of aromatic nitrogens is 2. The summed E-state index contributed by atoms with van der Waals surface area (Å²) in [7, 11) is 0. The summed E-state index contributed by atoms with van der Waals surface area (Å²) >= 11 is 5.72. The molecule has 0 spiro atoms. The number of benzene rings is 2. The molecule has 0 amide bonds. The van der Waals surface area contributed by atoms with Crippen LogP contribution in [0.2, 0.25) is 5.02 Å². The van der Waals surface area contributed by atoms with Crippen LogP contribution in [-0.2, 0) is 11.3 Å². The van der Waals surface area contributed by atoms with Crippen LogP contribution in [0.25, 0.3) is 11.5 Å². The van der Waals surface area contributed by atoms with Crippen molar-refractivity contribution in [2.45, 2.75) is 6.61 Å². The molecule has 3 aromatic rings. The molecule has 0 unspecified atom stereocenters. The van der Waals surface area contributed by atoms with E-state index in [9.17, 15) is 19.3 Å². The van der Waals surface area contributed by atoms with Crippen molar-refractivity contribution in [1.29, 1.82) is 0 Å². The van der Waals surface area contributed by atoms with Crippen LogP contribution in [0.3, 0.4) is 0 Å². The largest absolute Gasteiger partial charge is 0.452 e. The highest BCUT2D eigenvalue weighted by atomic mass is 35.5. The molecule has 26 heavy (non-hydrogen) atoms. The van der Waals surface area contributed by atoms with Gasteiger partial charge in [-0.2, -0.15) is 0 Å². The van der Waals surface area contributed by atoms with Gasteiger partial charge >= 0.3 is 5.97 Å². The van der Waals surface area contributed by atoms with Crippen molar-refractivity contribution in [3.63, 3.8) is 0 Å². The fourth-order valence-corrected chi connectivity index (χ4v) is 2.19. The fourth-order valence-electron chi connectivity index (χ4n) is 2.01. The van der Waals surface area contributed by atoms with Crippen LogP contribution in [-0.4, -0.2) is 21.1 Å². The summed E-state index contributed by atoms with van der Waals surface area (Å²) in [5.41, 5.74) is 0.0696. The quantitative estimate of drug-likeness (QED) is 0.378. The van der Waals surface area contributed by atoms with Crippen LogP contribution in [0.1, 0.15) is 16.2 Å². The van der Waals surface area contributed by atoms with E-state index < -0.39 is 16.7 Å². The maximum atomic E-state index is 13.6. The number of ether oxygens (including phenoxy) is 1. The van der Waals surface area contributed by atoms with Gasteiger partial charge in [0.1, 0.15) is 5.82 Å². The van der Waals surface area contributed by atoms with Gasteiger partial charge in [-0.3, -0.25) is 10.1 Å². The summed E-state index contributed by atoms with van der Waals surface area (Å²) < 4.78 is 23.8. The molecular formula is C16H9ClFN3O5. The van der Waals surface area contributed by atoms with E-state index in [1.807, 2.05) is 0 Å². The number of halogens is 2. The molecule has 0 radical (unpaired) electrons. The van der Waals surface area contributed by atoms with Crippen molar-refractivity contribution < 1.29 is 23.3 Å². The number of carbonyl (C=O) groups excluding carboxylic acids is 1. The fraction of sp³-hybridized carbons (Fsp3) is 0.0625. The highest BCUT2D eigenvalue weighted by Gasteiger charge is 2.16. The minimum Gasteiger partial charge on any atom is -0.452 e. The average Bonchev–Trinajstić information content (AvgIpc) is 3.11. The predicted octanol–water partition coefficient (Wildman–Crippen LogP) is 3.79. The lowest BCUT2D eigenvalue weighted by Gasteiger charge is -2.03. The smallest absolute Gasteiger partial charge is 0.341 e. The zero-order valence-corrected chi connectivity index (χ0v) is 13.6. The molecular weight excluding hydrogens is 369 g/mol. The summed E-state index contributed by atoms with van der Waals surface area (Å²) in [6.07, 6.45) is 0. The molecule has 0 fully saturated rings. The molecule has 0 N–H and O–H groups in total. The van der Waals surface area contributed by atoms with Crippen LogP contribution in [0, 0.1) is 15.9 Å². The number of hydrogen-bond donors (Lipinski definition) is 0. The highest BCUT2D eigenvalue weighted by Crippen LogP contribution is 2.22. The molecule has 0 aliphatic heterocycles. The lowest BCUT2D eigenvalue weighted by Crippen LogP contribution is -2.07. The van der Waals surface area contributed by atoms with Crippen molar-refractivity contribution in [3.05, 3.63) is 74.9 Å². The van der Waals surface area contributed by atoms with E-state index >= 15 is 0 Å². The first kappa shape index (κ1) is 17.5. The van der Waals surface area contributed by atoms with E-state index in [0.717, 1.165) is 12.1 Å². The van der Waals surface area contributed by atoms with Gasteiger partial charge in [0.25, 0.3) is 11.6 Å². The Morgan fingerprint density at radius 1 is 1.23 bits per heavy atom. The van der Waals surface area contributed by atoms with Crippen molar-refractivity contribution in [2.24, 2.45) is 0 Å². The molecule has 3 rings (SSSR count). The maximum absolute atomic E-state index is 13.6. The third kappa shape index (κ3) is 3.83. The molecule has 8 nitrogen and oxygen atoms in total. The maximum Gasteiger partial charge on any atom is 0.341 e. The van der Waals surface area contributed by atoms with Crippen LogP contribution >= 0.6 is 11.6 Å². The summed E-state index contributed by atoms with van der Waals surface area (Å²) in [5.74, 6) is -1.62. The van der Waals surface area contributed by atoms with Crippen LogP contribution in [0.5, 0.6) is 0 Å². The molecule has 0 bridgehead atoms. The molecule has 2 aromatic carbocycles. The number of carbonyl (C=O) groups is 1. The number of esters is 1. The minimum atomic E-state index is -0.930. The zero-order chi connectivity index (χ0) is 18.7. The summed E-state index contributed by atoms with van der Waals surface area (Å²) in [6, 6.07) is 8.99. The summed E-state index contributed by atoms with van der Waals surface area (Å²) in [5, 5.41) is 18.3. The van der Waals surface area contributed by atoms with Crippen molar-refractivity contribution in [3.8, 4) is 11.5 Å². The second kappa shape index (κ2) is 7.28. The number of nitro groups is 1. The number of hydrogen-bond acceptors (Lipinski definition) is 7. The monoisotopic (exact) mass is 377 g/mol. The Morgan fingerprint density at radius 2 is 1.96 bits per heavy atom. The molecule has 0 saturated heterocycles. The van der Waals surface area contributed by atoms with E-state index in [1.54, 1.807) is 0 Å². The molecule has 1 aromatic heterocycles. The Hall–Kier alpha value is -3.33. The normalized spacial score (nSPS) is 10.5. The Labute approximate surface area is 150 Å². The van der Waals surface area contributed by atoms with Crippen LogP contribution in [0.4, 0.5) is 10.1 Å². The SMILES string of the molecule is O=C(OCc1nnc(-c2ccc([N+](=O)[O-])cc2)o1)c1cc(Cl)ccc1F. The predicted molar refractivity (Wildman–Crippen MR) is 86.9 cm³/mol. The number of non-ortho nitro benzene ring substituents is 1. The highest BCUT2D eigenvalue weighted by molar-refractivity contribution is 6.30. The number of nitro benzene ring substituents is 1. The standard InChI is InChI=1S/C16H9ClFN3O5/c17-10-3-6-13(18)12(7-10)16(22)25-8-14-19-20-15(26-14)9-1-4-11(5-2-9)21(23)24/h1-7H,8H2. The van der Waals surface area contributed by atoms with Gasteiger partial charge in [-0.05, 0) is 30.3 Å². The van der Waals surface area contributed by atoms with E-state index in [2.05, 4.69) is 10.2 Å². The molecule has 0 aliphatic carbocycles. The Morgan fingerprint density at radius 3 is 2.65 bits per heavy atom. The Bertz CT molecular complexity index is 974. The molecule has 0 atom stereocenters. The first-order chi connectivity index (χ1) is 12.4. The summed E-state index contributed by atoms with van der Waals surface area (Å²) in [4.78, 5) is 22.0. The van der Waals surface area contributed by atoms with E-state index in [0.29, 0.717) is 5.56 Å². The average molecular weight is 378 g/mol. The van der Waals surface area contributed by atoms with E-state index in [4.69, 9.17) is 20.8 Å². The van der Waals surface area contributed by atoms with Gasteiger partial charge in [-0.25, -0.2) is 9.18 Å².